The van der Waals surface area contributed by atoms with E-state index in [2.05, 4.69) is 19.8 Å². The van der Waals surface area contributed by atoms with E-state index in [4.69, 9.17) is 19.3 Å². The number of nitrogens with zero attached hydrogens (tertiary/aromatic N) is 5. The van der Waals surface area contributed by atoms with Gasteiger partial charge < -0.3 is 19.1 Å². The van der Waals surface area contributed by atoms with Crippen molar-refractivity contribution >= 4 is 33.0 Å². The monoisotopic (exact) mass is 522 g/mol. The van der Waals surface area contributed by atoms with Crippen LogP contribution >= 0.6 is 0 Å². The predicted molar refractivity (Wildman–Crippen MR) is 134 cm³/mol. The number of nitrogens with two attached hydrogens (primary N) is 1. The van der Waals surface area contributed by atoms with Crippen molar-refractivity contribution in [3.05, 3.63) is 18.5 Å². The highest BCUT2D eigenvalue weighted by Gasteiger charge is 2.52. The SMILES string of the molecule is COc1cc2ncnc(N3CCN(C4(CN(C(=O)OC(C)(C)C)S(N)(=O)=O)CC4)CC3)c2cc1OC. The van der Waals surface area contributed by atoms with Gasteiger partial charge in [-0.25, -0.2) is 19.9 Å². The Morgan fingerprint density at radius 1 is 1.08 bits per heavy atom. The molecule has 12 nitrogen and oxygen atoms in total. The van der Waals surface area contributed by atoms with Crippen LogP contribution in [0, 0.1) is 0 Å². The third-order valence-corrected chi connectivity index (χ3v) is 7.43. The van der Waals surface area contributed by atoms with Crippen LogP contribution in [-0.2, 0) is 14.9 Å². The van der Waals surface area contributed by atoms with Crippen LogP contribution in [-0.4, -0.2) is 91.8 Å². The highest BCUT2D eigenvalue weighted by molar-refractivity contribution is 7.87. The Bertz CT molecular complexity index is 1240. The molecular formula is C23H34N6O6S. The van der Waals surface area contributed by atoms with Gasteiger partial charge in [0.05, 0.1) is 26.3 Å². The second kappa shape index (κ2) is 9.52. The van der Waals surface area contributed by atoms with E-state index in [1.165, 1.54) is 6.33 Å². The van der Waals surface area contributed by atoms with Crippen molar-refractivity contribution in [3.63, 3.8) is 0 Å². The van der Waals surface area contributed by atoms with E-state index in [0.717, 1.165) is 29.6 Å². The minimum Gasteiger partial charge on any atom is -0.493 e. The summed E-state index contributed by atoms with van der Waals surface area (Å²) in [6, 6.07) is 3.70. The van der Waals surface area contributed by atoms with Crippen molar-refractivity contribution in [2.75, 3.05) is 51.8 Å². The summed E-state index contributed by atoms with van der Waals surface area (Å²) in [7, 11) is -1.11. The Morgan fingerprint density at radius 2 is 1.69 bits per heavy atom. The largest absolute Gasteiger partial charge is 0.493 e. The molecule has 0 radical (unpaired) electrons. The van der Waals surface area contributed by atoms with E-state index in [0.29, 0.717) is 42.0 Å². The summed E-state index contributed by atoms with van der Waals surface area (Å²) >= 11 is 0. The molecule has 2 N–H and O–H groups in total. The lowest BCUT2D eigenvalue weighted by Gasteiger charge is -2.41. The summed E-state index contributed by atoms with van der Waals surface area (Å²) in [5, 5.41) is 6.25. The molecule has 0 unspecified atom stereocenters. The third-order valence-electron chi connectivity index (χ3n) is 6.54. The molecule has 1 aliphatic carbocycles. The summed E-state index contributed by atoms with van der Waals surface area (Å²) in [4.78, 5) is 26.0. The second-order valence-corrected chi connectivity index (χ2v) is 11.6. The van der Waals surface area contributed by atoms with E-state index in [9.17, 15) is 13.2 Å². The number of amides is 1. The van der Waals surface area contributed by atoms with Crippen LogP contribution < -0.4 is 19.5 Å². The molecular weight excluding hydrogens is 488 g/mol. The molecule has 1 aromatic heterocycles. The molecule has 1 aromatic carbocycles. The fourth-order valence-corrected chi connectivity index (χ4v) is 5.24. The molecule has 2 aromatic rings. The number of benzene rings is 1. The van der Waals surface area contributed by atoms with E-state index in [1.807, 2.05) is 12.1 Å². The zero-order valence-corrected chi connectivity index (χ0v) is 22.2. The fourth-order valence-electron chi connectivity index (χ4n) is 4.57. The number of hydrogen-bond acceptors (Lipinski definition) is 10. The van der Waals surface area contributed by atoms with Gasteiger partial charge in [0.2, 0.25) is 0 Å². The molecule has 0 atom stereocenters. The van der Waals surface area contributed by atoms with E-state index in [1.54, 1.807) is 35.0 Å². The van der Waals surface area contributed by atoms with Gasteiger partial charge in [0.1, 0.15) is 17.7 Å². The van der Waals surface area contributed by atoms with E-state index >= 15 is 0 Å². The number of fused-ring (bicyclic) bond motifs is 1. The minimum atomic E-state index is -4.28. The average Bonchev–Trinajstić information content (AvgIpc) is 3.60. The Morgan fingerprint density at radius 3 is 2.22 bits per heavy atom. The van der Waals surface area contributed by atoms with Gasteiger partial charge in [-0.05, 0) is 39.7 Å². The molecule has 1 saturated heterocycles. The van der Waals surface area contributed by atoms with Gasteiger partial charge in [0.25, 0.3) is 0 Å². The smallest absolute Gasteiger partial charge is 0.425 e. The van der Waals surface area contributed by atoms with Gasteiger partial charge in [-0.2, -0.15) is 12.7 Å². The van der Waals surface area contributed by atoms with Crippen LogP contribution in [0.2, 0.25) is 0 Å². The molecule has 2 heterocycles. The van der Waals surface area contributed by atoms with Crippen LogP contribution in [0.5, 0.6) is 11.5 Å². The van der Waals surface area contributed by atoms with Crippen molar-refractivity contribution < 1.29 is 27.4 Å². The van der Waals surface area contributed by atoms with Crippen molar-refractivity contribution in [3.8, 4) is 11.5 Å². The topological polar surface area (TPSA) is 140 Å². The Hall–Kier alpha value is -2.90. The third kappa shape index (κ3) is 5.42. The van der Waals surface area contributed by atoms with E-state index in [-0.39, 0.29) is 6.54 Å². The van der Waals surface area contributed by atoms with Gasteiger partial charge in [0, 0.05) is 43.2 Å². The van der Waals surface area contributed by atoms with Gasteiger partial charge in [-0.3, -0.25) is 4.90 Å². The molecule has 4 rings (SSSR count). The maximum Gasteiger partial charge on any atom is 0.425 e. The van der Waals surface area contributed by atoms with Crippen LogP contribution in [0.1, 0.15) is 33.6 Å². The normalized spacial score (nSPS) is 18.1. The molecule has 0 spiro atoms. The lowest BCUT2D eigenvalue weighted by atomic mass is 10.1. The number of ether oxygens (including phenoxy) is 3. The molecule has 13 heteroatoms. The Kier molecular flexibility index (Phi) is 6.92. The van der Waals surface area contributed by atoms with Gasteiger partial charge in [-0.15, -0.1) is 0 Å². The number of hydrogen-bond donors (Lipinski definition) is 1. The summed E-state index contributed by atoms with van der Waals surface area (Å²) in [6.45, 7) is 7.70. The van der Waals surface area contributed by atoms with Gasteiger partial charge in [0.15, 0.2) is 11.5 Å². The van der Waals surface area contributed by atoms with Crippen molar-refractivity contribution in [1.82, 2.24) is 19.2 Å². The number of anilines is 1. The second-order valence-electron chi connectivity index (χ2n) is 10.2. The van der Waals surface area contributed by atoms with Crippen LogP contribution in [0.15, 0.2) is 18.5 Å². The van der Waals surface area contributed by atoms with Crippen LogP contribution in [0.4, 0.5) is 10.6 Å². The first-order chi connectivity index (χ1) is 16.9. The van der Waals surface area contributed by atoms with Gasteiger partial charge >= 0.3 is 16.3 Å². The Labute approximate surface area is 211 Å². The first-order valence-corrected chi connectivity index (χ1v) is 13.3. The summed E-state index contributed by atoms with van der Waals surface area (Å²) in [5.41, 5.74) is -0.533. The molecule has 36 heavy (non-hydrogen) atoms. The number of aromatic nitrogens is 2. The first kappa shape index (κ1) is 26.2. The minimum absolute atomic E-state index is 0.0336. The highest BCUT2D eigenvalue weighted by Crippen LogP contribution is 2.44. The Balaban J connectivity index is 1.50. The number of rotatable bonds is 7. The molecule has 198 valence electrons. The fraction of sp³-hybridized carbons (Fsp3) is 0.609. The molecule has 1 aliphatic heterocycles. The lowest BCUT2D eigenvalue weighted by molar-refractivity contribution is 0.0331. The molecule has 1 saturated carbocycles. The summed E-state index contributed by atoms with van der Waals surface area (Å²) in [5.74, 6) is 1.99. The predicted octanol–water partition coefficient (Wildman–Crippen LogP) is 1.74. The molecule has 0 bridgehead atoms. The first-order valence-electron chi connectivity index (χ1n) is 11.8. The summed E-state index contributed by atoms with van der Waals surface area (Å²) < 4.78 is 41.3. The van der Waals surface area contributed by atoms with Gasteiger partial charge in [-0.1, -0.05) is 0 Å². The lowest BCUT2D eigenvalue weighted by Crippen LogP contribution is -2.57. The van der Waals surface area contributed by atoms with Crippen molar-refractivity contribution in [2.45, 2.75) is 44.8 Å². The van der Waals surface area contributed by atoms with Crippen molar-refractivity contribution in [2.24, 2.45) is 5.14 Å². The average molecular weight is 523 g/mol. The maximum absolute atomic E-state index is 12.6. The number of piperazine rings is 1. The molecule has 2 fully saturated rings. The number of carbonyl (C=O) groups excluding carboxylic acids is 1. The number of carbonyl (C=O) groups is 1. The highest BCUT2D eigenvalue weighted by atomic mass is 32.2. The van der Waals surface area contributed by atoms with Crippen molar-refractivity contribution in [1.29, 1.82) is 0 Å². The molecule has 2 aliphatic rings. The van der Waals surface area contributed by atoms with E-state index < -0.39 is 27.4 Å². The quantitative estimate of drug-likeness (QED) is 0.572. The maximum atomic E-state index is 12.6. The zero-order chi connectivity index (χ0) is 26.3. The number of methoxy groups -OCH3 is 2. The van der Waals surface area contributed by atoms with Crippen LogP contribution in [0.25, 0.3) is 10.9 Å². The zero-order valence-electron chi connectivity index (χ0n) is 21.4. The van der Waals surface area contributed by atoms with Crippen LogP contribution in [0.3, 0.4) is 0 Å². The molecule has 1 amide bonds. The standard InChI is InChI=1S/C23H34N6O6S/c1-22(2,3)35-21(30)29(36(24,31)32)14-23(6-7-23)28-10-8-27(9-11-28)20-16-12-18(33-4)19(34-5)13-17(16)25-15-26-20/h12-13,15H,6-11,14H2,1-5H3,(H2,24,31,32). The summed E-state index contributed by atoms with van der Waals surface area (Å²) in [6.07, 6.45) is 2.12.